The van der Waals surface area contributed by atoms with Gasteiger partial charge < -0.3 is 10.1 Å². The minimum atomic E-state index is -0.546. The Morgan fingerprint density at radius 3 is 2.93 bits per heavy atom. The molecule has 9 nitrogen and oxygen atoms in total. The number of aromatic nitrogens is 2. The first-order chi connectivity index (χ1) is 14.0. The first-order valence-electron chi connectivity index (χ1n) is 9.10. The number of carbonyl (C=O) groups excluding carboxylic acids is 1. The molecule has 0 unspecified atom stereocenters. The van der Waals surface area contributed by atoms with Crippen molar-refractivity contribution in [2.45, 2.75) is 32.2 Å². The minimum Gasteiger partial charge on any atom is -0.494 e. The number of carbonyl (C=O) groups is 1. The van der Waals surface area contributed by atoms with Gasteiger partial charge in [-0.05, 0) is 37.3 Å². The van der Waals surface area contributed by atoms with E-state index in [1.54, 1.807) is 11.3 Å². The summed E-state index contributed by atoms with van der Waals surface area (Å²) in [6.45, 7) is -0.216. The van der Waals surface area contributed by atoms with Crippen molar-refractivity contribution in [2.24, 2.45) is 0 Å². The molecule has 1 N–H and O–H groups in total. The highest BCUT2D eigenvalue weighted by atomic mass is 32.1. The minimum absolute atomic E-state index is 0.145. The number of thiophene rings is 1. The van der Waals surface area contributed by atoms with Gasteiger partial charge in [0.2, 0.25) is 5.91 Å². The van der Waals surface area contributed by atoms with Crippen molar-refractivity contribution in [3.63, 3.8) is 0 Å². The maximum absolute atomic E-state index is 12.9. The number of nitrogens with zero attached hydrogens (tertiary/aromatic N) is 3. The Morgan fingerprint density at radius 2 is 2.17 bits per heavy atom. The van der Waals surface area contributed by atoms with Gasteiger partial charge in [0.15, 0.2) is 0 Å². The number of aryl methyl sites for hydroxylation is 2. The summed E-state index contributed by atoms with van der Waals surface area (Å²) in [5.74, 6) is -0.287. The molecule has 0 saturated carbocycles. The summed E-state index contributed by atoms with van der Waals surface area (Å²) in [6.07, 6.45) is 5.39. The number of hydrogen-bond donors (Lipinski definition) is 1. The van der Waals surface area contributed by atoms with Crippen LogP contribution in [0.25, 0.3) is 10.2 Å². The predicted molar refractivity (Wildman–Crippen MR) is 109 cm³/mol. The molecule has 0 radical (unpaired) electrons. The summed E-state index contributed by atoms with van der Waals surface area (Å²) < 4.78 is 6.41. The summed E-state index contributed by atoms with van der Waals surface area (Å²) in [6, 6.07) is 3.90. The molecule has 2 aromatic heterocycles. The number of rotatable bonds is 5. The average Bonchev–Trinajstić information content (AvgIpc) is 3.09. The van der Waals surface area contributed by atoms with E-state index in [1.165, 1.54) is 41.1 Å². The van der Waals surface area contributed by atoms with Crippen LogP contribution in [0.5, 0.6) is 5.75 Å². The summed E-state index contributed by atoms with van der Waals surface area (Å²) in [5, 5.41) is 14.1. The van der Waals surface area contributed by atoms with Crippen molar-refractivity contribution in [3.8, 4) is 5.75 Å². The fourth-order valence-electron chi connectivity index (χ4n) is 3.53. The van der Waals surface area contributed by atoms with Crippen LogP contribution in [0.4, 0.5) is 11.4 Å². The number of amides is 1. The second-order valence-corrected chi connectivity index (χ2v) is 7.84. The molecule has 4 rings (SSSR count). The molecule has 0 saturated heterocycles. The van der Waals surface area contributed by atoms with Crippen molar-refractivity contribution in [1.82, 2.24) is 9.55 Å². The molecule has 0 aliphatic heterocycles. The number of nitro benzene ring substituents is 1. The fraction of sp³-hybridized carbons (Fsp3) is 0.316. The van der Waals surface area contributed by atoms with Crippen LogP contribution < -0.4 is 15.6 Å². The van der Waals surface area contributed by atoms with Gasteiger partial charge in [-0.1, -0.05) is 0 Å². The van der Waals surface area contributed by atoms with Crippen LogP contribution in [0.15, 0.2) is 29.3 Å². The summed E-state index contributed by atoms with van der Waals surface area (Å²) in [4.78, 5) is 42.1. The van der Waals surface area contributed by atoms with Gasteiger partial charge in [0.25, 0.3) is 11.2 Å². The number of methoxy groups -OCH3 is 1. The third-order valence-electron chi connectivity index (χ3n) is 4.93. The second kappa shape index (κ2) is 7.63. The van der Waals surface area contributed by atoms with Crippen LogP contribution in [-0.2, 0) is 24.2 Å². The average molecular weight is 414 g/mol. The van der Waals surface area contributed by atoms with E-state index in [0.29, 0.717) is 5.39 Å². The molecule has 1 aliphatic rings. The van der Waals surface area contributed by atoms with Gasteiger partial charge in [-0.3, -0.25) is 24.3 Å². The van der Waals surface area contributed by atoms with Crippen molar-refractivity contribution in [3.05, 3.63) is 55.4 Å². The Labute approximate surface area is 169 Å². The van der Waals surface area contributed by atoms with E-state index in [2.05, 4.69) is 10.3 Å². The van der Waals surface area contributed by atoms with Crippen LogP contribution in [-0.4, -0.2) is 27.5 Å². The normalized spacial score (nSPS) is 13.1. The number of benzene rings is 1. The molecule has 0 spiro atoms. The van der Waals surface area contributed by atoms with Gasteiger partial charge >= 0.3 is 0 Å². The molecule has 3 aromatic rings. The van der Waals surface area contributed by atoms with E-state index >= 15 is 0 Å². The lowest BCUT2D eigenvalue weighted by Gasteiger charge is -2.12. The topological polar surface area (TPSA) is 116 Å². The fourth-order valence-corrected chi connectivity index (χ4v) is 4.75. The van der Waals surface area contributed by atoms with Crippen molar-refractivity contribution in [2.75, 3.05) is 12.4 Å². The summed E-state index contributed by atoms with van der Waals surface area (Å²) >= 11 is 1.56. The van der Waals surface area contributed by atoms with Gasteiger partial charge in [-0.15, -0.1) is 11.3 Å². The largest absolute Gasteiger partial charge is 0.494 e. The Kier molecular flexibility index (Phi) is 5.01. The predicted octanol–water partition coefficient (Wildman–Crippen LogP) is 2.89. The number of anilines is 1. The van der Waals surface area contributed by atoms with E-state index in [4.69, 9.17) is 4.74 Å². The quantitative estimate of drug-likeness (QED) is 0.507. The van der Waals surface area contributed by atoms with E-state index < -0.39 is 10.8 Å². The third kappa shape index (κ3) is 3.58. The third-order valence-corrected chi connectivity index (χ3v) is 6.13. The van der Waals surface area contributed by atoms with Crippen LogP contribution in [0, 0.1) is 10.1 Å². The Hall–Kier alpha value is -3.27. The molecular formula is C19H18N4O5S. The first kappa shape index (κ1) is 19.1. The SMILES string of the molecule is COc1cc([N+](=O)[O-])ccc1NC(=O)Cn1cnc2sc3c(c2c1=O)CCCC3. The number of nitrogens with one attached hydrogen (secondary N) is 1. The Balaban J connectivity index is 1.59. The monoisotopic (exact) mass is 414 g/mol. The van der Waals surface area contributed by atoms with Crippen LogP contribution >= 0.6 is 11.3 Å². The highest BCUT2D eigenvalue weighted by molar-refractivity contribution is 7.18. The zero-order valence-corrected chi connectivity index (χ0v) is 16.5. The number of nitro groups is 1. The van der Waals surface area contributed by atoms with Crippen LogP contribution in [0.1, 0.15) is 23.3 Å². The van der Waals surface area contributed by atoms with Gasteiger partial charge in [0.05, 0.1) is 35.5 Å². The van der Waals surface area contributed by atoms with Crippen molar-refractivity contribution >= 4 is 38.8 Å². The molecule has 29 heavy (non-hydrogen) atoms. The lowest BCUT2D eigenvalue weighted by Crippen LogP contribution is -2.28. The maximum atomic E-state index is 12.9. The van der Waals surface area contributed by atoms with Gasteiger partial charge in [-0.25, -0.2) is 4.98 Å². The van der Waals surface area contributed by atoms with Gasteiger partial charge in [0, 0.05) is 10.9 Å². The zero-order valence-electron chi connectivity index (χ0n) is 15.6. The van der Waals surface area contributed by atoms with Gasteiger partial charge in [-0.2, -0.15) is 0 Å². The standard InChI is InChI=1S/C19H18N4O5S/c1-28-14-8-11(23(26)27)6-7-13(14)21-16(24)9-22-10-20-18-17(19(22)25)12-4-2-3-5-15(12)29-18/h6-8,10H,2-5,9H2,1H3,(H,21,24). The Morgan fingerprint density at radius 1 is 1.38 bits per heavy atom. The van der Waals surface area contributed by atoms with Gasteiger partial charge in [0.1, 0.15) is 17.1 Å². The molecule has 150 valence electrons. The molecule has 1 amide bonds. The number of fused-ring (bicyclic) bond motifs is 3. The number of ether oxygens (including phenoxy) is 1. The zero-order chi connectivity index (χ0) is 20.5. The molecular weight excluding hydrogens is 396 g/mol. The van der Waals surface area contributed by atoms with E-state index in [1.807, 2.05) is 0 Å². The van der Waals surface area contributed by atoms with Crippen LogP contribution in [0.2, 0.25) is 0 Å². The molecule has 1 aliphatic carbocycles. The second-order valence-electron chi connectivity index (χ2n) is 6.76. The van der Waals surface area contributed by atoms with E-state index in [-0.39, 0.29) is 29.2 Å². The molecule has 10 heteroatoms. The summed E-state index contributed by atoms with van der Waals surface area (Å²) in [7, 11) is 1.36. The maximum Gasteiger partial charge on any atom is 0.273 e. The summed E-state index contributed by atoms with van der Waals surface area (Å²) in [5.41, 5.74) is 0.992. The molecule has 2 heterocycles. The lowest BCUT2D eigenvalue weighted by atomic mass is 9.97. The highest BCUT2D eigenvalue weighted by Gasteiger charge is 2.21. The van der Waals surface area contributed by atoms with E-state index in [9.17, 15) is 19.7 Å². The number of hydrogen-bond acceptors (Lipinski definition) is 7. The van der Waals surface area contributed by atoms with Crippen molar-refractivity contribution < 1.29 is 14.5 Å². The van der Waals surface area contributed by atoms with E-state index in [0.717, 1.165) is 36.1 Å². The lowest BCUT2D eigenvalue weighted by molar-refractivity contribution is -0.384. The molecule has 0 atom stereocenters. The van der Waals surface area contributed by atoms with Crippen molar-refractivity contribution in [1.29, 1.82) is 0 Å². The molecule has 1 aromatic carbocycles. The molecule has 0 fully saturated rings. The highest BCUT2D eigenvalue weighted by Crippen LogP contribution is 2.33. The van der Waals surface area contributed by atoms with Crippen LogP contribution in [0.3, 0.4) is 0 Å². The Bertz CT molecular complexity index is 1180. The smallest absolute Gasteiger partial charge is 0.273 e. The first-order valence-corrected chi connectivity index (χ1v) is 9.91. The number of non-ortho nitro benzene ring substituents is 1. The molecule has 0 bridgehead atoms.